The number of nitrogens with two attached hydrogens (primary N) is 1. The summed E-state index contributed by atoms with van der Waals surface area (Å²) in [5, 5.41) is 1.96. The average Bonchev–Trinajstić information content (AvgIpc) is 2.81. The summed E-state index contributed by atoms with van der Waals surface area (Å²) in [5.74, 6) is -0.884. The van der Waals surface area contributed by atoms with Gasteiger partial charge in [-0.25, -0.2) is 0 Å². The van der Waals surface area contributed by atoms with Gasteiger partial charge in [0.1, 0.15) is 0 Å². The number of nitrogens with zero attached hydrogens (tertiary/aromatic N) is 2. The predicted molar refractivity (Wildman–Crippen MR) is 82.4 cm³/mol. The third-order valence-corrected chi connectivity index (χ3v) is 5.20. The van der Waals surface area contributed by atoms with Crippen molar-refractivity contribution in [2.45, 2.75) is 25.9 Å². The Morgan fingerprint density at radius 1 is 1.40 bits per heavy atom. The first-order valence-corrected chi connectivity index (χ1v) is 8.22. The smallest absolute Gasteiger partial charge is 0.312 e. The predicted octanol–water partition coefficient (Wildman–Crippen LogP) is 1.59. The van der Waals surface area contributed by atoms with Gasteiger partial charge < -0.3 is 15.5 Å². The summed E-state index contributed by atoms with van der Waals surface area (Å²) >= 11 is 4.96. The highest BCUT2D eigenvalue weighted by molar-refractivity contribution is 9.10. The molecule has 1 aliphatic heterocycles. The highest BCUT2D eigenvalue weighted by Gasteiger charge is 2.38. The van der Waals surface area contributed by atoms with Gasteiger partial charge in [-0.3, -0.25) is 9.59 Å². The van der Waals surface area contributed by atoms with Gasteiger partial charge in [0, 0.05) is 40.4 Å². The molecule has 7 heteroatoms. The minimum absolute atomic E-state index is 0.231. The van der Waals surface area contributed by atoms with Crippen LogP contribution in [0.15, 0.2) is 15.9 Å². The van der Waals surface area contributed by atoms with Crippen LogP contribution in [0.1, 0.15) is 24.8 Å². The van der Waals surface area contributed by atoms with Crippen LogP contribution in [-0.4, -0.2) is 47.3 Å². The Hall–Kier alpha value is -0.920. The second-order valence-corrected chi connectivity index (χ2v) is 6.71. The molecule has 2 rings (SSSR count). The third-order valence-electron chi connectivity index (χ3n) is 3.44. The molecule has 0 aromatic carbocycles. The van der Waals surface area contributed by atoms with Gasteiger partial charge in [-0.05, 0) is 35.8 Å². The first-order valence-electron chi connectivity index (χ1n) is 6.55. The lowest BCUT2D eigenvalue weighted by Gasteiger charge is -2.39. The van der Waals surface area contributed by atoms with Crippen LogP contribution in [0.25, 0.3) is 0 Å². The van der Waals surface area contributed by atoms with E-state index in [2.05, 4.69) is 15.9 Å². The summed E-state index contributed by atoms with van der Waals surface area (Å²) in [6.45, 7) is 5.39. The van der Waals surface area contributed by atoms with Crippen molar-refractivity contribution >= 4 is 39.1 Å². The number of amides is 2. The highest BCUT2D eigenvalue weighted by atomic mass is 79.9. The maximum absolute atomic E-state index is 12.3. The van der Waals surface area contributed by atoms with Gasteiger partial charge in [0.2, 0.25) is 0 Å². The summed E-state index contributed by atoms with van der Waals surface area (Å²) < 4.78 is 0.967. The van der Waals surface area contributed by atoms with Gasteiger partial charge in [-0.1, -0.05) is 0 Å². The molecule has 1 aromatic heterocycles. The monoisotopic (exact) mass is 359 g/mol. The zero-order valence-electron chi connectivity index (χ0n) is 11.5. The number of hydrogen-bond acceptors (Lipinski definition) is 4. The zero-order chi connectivity index (χ0) is 14.9. The molecule has 2 amide bonds. The third kappa shape index (κ3) is 2.89. The highest BCUT2D eigenvalue weighted by Crippen LogP contribution is 2.32. The zero-order valence-corrected chi connectivity index (χ0v) is 13.9. The molecule has 1 saturated heterocycles. The van der Waals surface area contributed by atoms with Crippen LogP contribution in [0.4, 0.5) is 0 Å². The van der Waals surface area contributed by atoms with Gasteiger partial charge in [0.25, 0.3) is 0 Å². The lowest BCUT2D eigenvalue weighted by Crippen LogP contribution is -2.57. The molecule has 1 aliphatic rings. The van der Waals surface area contributed by atoms with Crippen LogP contribution in [0.2, 0.25) is 0 Å². The summed E-state index contributed by atoms with van der Waals surface area (Å²) in [5.41, 5.74) is 6.06. The molecule has 1 aromatic rings. The number of hydrogen-bond donors (Lipinski definition) is 1. The minimum atomic E-state index is -0.454. The molecule has 2 N–H and O–H groups in total. The number of rotatable bonds is 4. The Balaban J connectivity index is 2.27. The van der Waals surface area contributed by atoms with E-state index in [-0.39, 0.29) is 12.1 Å². The van der Waals surface area contributed by atoms with Crippen LogP contribution >= 0.6 is 27.3 Å². The molecule has 0 bridgehead atoms. The van der Waals surface area contributed by atoms with Gasteiger partial charge in [-0.15, -0.1) is 11.3 Å². The Morgan fingerprint density at radius 3 is 2.60 bits per heavy atom. The first-order chi connectivity index (χ1) is 9.45. The fraction of sp³-hybridized carbons (Fsp3) is 0.538. The van der Waals surface area contributed by atoms with Crippen molar-refractivity contribution in [2.24, 2.45) is 5.73 Å². The molecule has 20 heavy (non-hydrogen) atoms. The van der Waals surface area contributed by atoms with Crippen LogP contribution in [0.3, 0.4) is 0 Å². The number of carbonyl (C=O) groups is 2. The Labute approximate surface area is 130 Å². The summed E-state index contributed by atoms with van der Waals surface area (Å²) in [4.78, 5) is 28.5. The van der Waals surface area contributed by atoms with Crippen molar-refractivity contribution < 1.29 is 9.59 Å². The molecule has 0 saturated carbocycles. The SMILES string of the molecule is CCN1CCN(C(c2cc(Br)cs2)C(C)N)C(=O)C1=O. The van der Waals surface area contributed by atoms with E-state index < -0.39 is 11.8 Å². The van der Waals surface area contributed by atoms with E-state index in [4.69, 9.17) is 5.73 Å². The van der Waals surface area contributed by atoms with E-state index >= 15 is 0 Å². The first kappa shape index (κ1) is 15.5. The molecule has 0 aliphatic carbocycles. The largest absolute Gasteiger partial charge is 0.333 e. The molecular formula is C13H18BrN3O2S. The average molecular weight is 360 g/mol. The van der Waals surface area contributed by atoms with Crippen LogP contribution < -0.4 is 5.73 Å². The number of likely N-dealkylation sites (N-methyl/N-ethyl adjacent to an activating group) is 1. The second-order valence-electron chi connectivity index (χ2n) is 4.85. The molecule has 110 valence electrons. The van der Waals surface area contributed by atoms with Gasteiger partial charge in [0.05, 0.1) is 6.04 Å². The van der Waals surface area contributed by atoms with Gasteiger partial charge in [0.15, 0.2) is 0 Å². The Morgan fingerprint density at radius 2 is 2.10 bits per heavy atom. The van der Waals surface area contributed by atoms with E-state index in [1.807, 2.05) is 25.3 Å². The maximum Gasteiger partial charge on any atom is 0.312 e. The molecule has 0 radical (unpaired) electrons. The summed E-state index contributed by atoms with van der Waals surface area (Å²) in [7, 11) is 0. The normalized spacial score (nSPS) is 19.4. The van der Waals surface area contributed by atoms with Crippen molar-refractivity contribution in [3.05, 3.63) is 20.8 Å². The van der Waals surface area contributed by atoms with E-state index in [9.17, 15) is 9.59 Å². The van der Waals surface area contributed by atoms with Gasteiger partial charge >= 0.3 is 11.8 Å². The molecule has 2 unspecified atom stereocenters. The standard InChI is InChI=1S/C13H18BrN3O2S/c1-3-16-4-5-17(13(19)12(16)18)11(8(2)15)10-6-9(14)7-20-10/h6-8,11H,3-5,15H2,1-2H3. The molecule has 1 fully saturated rings. The molecular weight excluding hydrogens is 342 g/mol. The van der Waals surface area contributed by atoms with Crippen LogP contribution in [-0.2, 0) is 9.59 Å². The van der Waals surface area contributed by atoms with E-state index in [0.717, 1.165) is 9.35 Å². The summed E-state index contributed by atoms with van der Waals surface area (Å²) in [6.07, 6.45) is 0. The molecule has 2 atom stereocenters. The molecule has 5 nitrogen and oxygen atoms in total. The Bertz CT molecular complexity index is 517. The van der Waals surface area contributed by atoms with Gasteiger partial charge in [-0.2, -0.15) is 0 Å². The summed E-state index contributed by atoms with van der Waals surface area (Å²) in [6, 6.07) is 1.48. The second kappa shape index (κ2) is 6.24. The van der Waals surface area contributed by atoms with Crippen molar-refractivity contribution in [1.82, 2.24) is 9.80 Å². The lowest BCUT2D eigenvalue weighted by molar-refractivity contribution is -0.158. The number of thiophene rings is 1. The van der Waals surface area contributed by atoms with Crippen LogP contribution in [0.5, 0.6) is 0 Å². The van der Waals surface area contributed by atoms with Crippen molar-refractivity contribution in [2.75, 3.05) is 19.6 Å². The molecule has 0 spiro atoms. The minimum Gasteiger partial charge on any atom is -0.333 e. The lowest BCUT2D eigenvalue weighted by atomic mass is 10.1. The molecule has 2 heterocycles. The Kier molecular flexibility index (Phi) is 4.82. The topological polar surface area (TPSA) is 66.6 Å². The maximum atomic E-state index is 12.3. The quantitative estimate of drug-likeness (QED) is 0.830. The van der Waals surface area contributed by atoms with Crippen molar-refractivity contribution in [1.29, 1.82) is 0 Å². The van der Waals surface area contributed by atoms with Crippen LogP contribution in [0, 0.1) is 0 Å². The number of halogens is 1. The fourth-order valence-corrected chi connectivity index (χ4v) is 4.11. The fourth-order valence-electron chi connectivity index (χ4n) is 2.44. The van der Waals surface area contributed by atoms with E-state index in [1.54, 1.807) is 21.1 Å². The van der Waals surface area contributed by atoms with Crippen molar-refractivity contribution in [3.63, 3.8) is 0 Å². The number of piperazine rings is 1. The number of carbonyl (C=O) groups excluding carboxylic acids is 2. The van der Waals surface area contributed by atoms with E-state index in [1.165, 1.54) is 0 Å². The van der Waals surface area contributed by atoms with Crippen molar-refractivity contribution in [3.8, 4) is 0 Å². The van der Waals surface area contributed by atoms with E-state index in [0.29, 0.717) is 19.6 Å².